The molecule has 0 aliphatic carbocycles. The van der Waals surface area contributed by atoms with Gasteiger partial charge in [-0.15, -0.1) is 0 Å². The molecule has 1 N–H and O–H groups in total. The largest absolute Gasteiger partial charge is 0.457 e. The Hall–Kier alpha value is -2.92. The number of amides is 1. The van der Waals surface area contributed by atoms with Crippen molar-refractivity contribution in [1.82, 2.24) is 5.32 Å². The van der Waals surface area contributed by atoms with Crippen LogP contribution in [0.1, 0.15) is 42.7 Å². The molecule has 1 heterocycles. The van der Waals surface area contributed by atoms with Crippen LogP contribution in [-0.4, -0.2) is 11.7 Å². The van der Waals surface area contributed by atoms with Gasteiger partial charge in [0.2, 0.25) is 0 Å². The van der Waals surface area contributed by atoms with E-state index in [1.165, 1.54) is 11.3 Å². The number of hydrogen-bond donors (Lipinski definition) is 1. The Bertz CT molecular complexity index is 926. The second-order valence-electron chi connectivity index (χ2n) is 7.52. The Morgan fingerprint density at radius 1 is 0.929 bits per heavy atom. The number of rotatable bonds is 6. The van der Waals surface area contributed by atoms with Crippen LogP contribution in [-0.2, 0) is 4.79 Å². The van der Waals surface area contributed by atoms with Crippen LogP contribution in [0.3, 0.4) is 0 Å². The van der Waals surface area contributed by atoms with Crippen molar-refractivity contribution in [3.05, 3.63) is 82.6 Å². The van der Waals surface area contributed by atoms with E-state index in [0.29, 0.717) is 11.3 Å². The van der Waals surface area contributed by atoms with Crippen molar-refractivity contribution in [3.8, 4) is 11.5 Å². The zero-order chi connectivity index (χ0) is 20.1. The summed E-state index contributed by atoms with van der Waals surface area (Å²) in [6.45, 7) is 5.57. The second-order valence-corrected chi connectivity index (χ2v) is 8.30. The number of nitrogens with one attached hydrogen (secondary N) is 1. The predicted octanol–water partition coefficient (Wildman–Crippen LogP) is 5.63. The maximum absolute atomic E-state index is 12.9. The summed E-state index contributed by atoms with van der Waals surface area (Å²) in [6, 6.07) is 17.5. The number of para-hydroxylation sites is 1. The molecule has 0 saturated heterocycles. The van der Waals surface area contributed by atoms with Gasteiger partial charge in [0.1, 0.15) is 17.5 Å². The first-order valence-electron chi connectivity index (χ1n) is 9.05. The maximum Gasteiger partial charge on any atom is 0.252 e. The first kappa shape index (κ1) is 19.8. The van der Waals surface area contributed by atoms with Crippen molar-refractivity contribution in [2.45, 2.75) is 26.8 Å². The third-order valence-electron chi connectivity index (χ3n) is 4.25. The summed E-state index contributed by atoms with van der Waals surface area (Å²) in [7, 11) is 0. The summed E-state index contributed by atoms with van der Waals surface area (Å²) in [4.78, 5) is 25.6. The number of Topliss-reactive ketones (excluding diaryl/α,β-unsaturated/α-hetero) is 1. The van der Waals surface area contributed by atoms with Gasteiger partial charge in [-0.1, -0.05) is 39.0 Å². The molecule has 5 heteroatoms. The van der Waals surface area contributed by atoms with E-state index >= 15 is 0 Å². The van der Waals surface area contributed by atoms with E-state index in [-0.39, 0.29) is 11.7 Å². The van der Waals surface area contributed by atoms with Gasteiger partial charge >= 0.3 is 0 Å². The molecule has 0 aliphatic rings. The first-order valence-corrected chi connectivity index (χ1v) is 9.99. The van der Waals surface area contributed by atoms with Gasteiger partial charge in [0.25, 0.3) is 5.91 Å². The number of ketones is 1. The highest BCUT2D eigenvalue weighted by Crippen LogP contribution is 2.28. The van der Waals surface area contributed by atoms with E-state index in [0.717, 1.165) is 11.3 Å². The molecule has 3 aromatic rings. The lowest BCUT2D eigenvalue weighted by atomic mass is 9.84. The smallest absolute Gasteiger partial charge is 0.252 e. The van der Waals surface area contributed by atoms with Crippen molar-refractivity contribution >= 4 is 23.0 Å². The molecule has 0 fully saturated rings. The fourth-order valence-electron chi connectivity index (χ4n) is 2.69. The second kappa shape index (κ2) is 8.40. The SMILES string of the molecule is CC(C)(C)C(=O)[C@@H](NC(=O)c1ccc(Oc2ccccc2)cc1)c1ccsc1. The highest BCUT2D eigenvalue weighted by molar-refractivity contribution is 7.08. The number of ether oxygens (including phenoxy) is 1. The van der Waals surface area contributed by atoms with E-state index in [9.17, 15) is 9.59 Å². The van der Waals surface area contributed by atoms with E-state index in [1.54, 1.807) is 24.3 Å². The Morgan fingerprint density at radius 3 is 2.14 bits per heavy atom. The number of carbonyl (C=O) groups excluding carboxylic acids is 2. The third kappa shape index (κ3) is 4.87. The molecule has 2 aromatic carbocycles. The van der Waals surface area contributed by atoms with Crippen molar-refractivity contribution in [1.29, 1.82) is 0 Å². The zero-order valence-electron chi connectivity index (χ0n) is 16.1. The van der Waals surface area contributed by atoms with Gasteiger partial charge in [0.15, 0.2) is 5.78 Å². The molecule has 0 bridgehead atoms. The van der Waals surface area contributed by atoms with E-state index < -0.39 is 11.5 Å². The molecule has 144 valence electrons. The van der Waals surface area contributed by atoms with Gasteiger partial charge in [0.05, 0.1) is 0 Å². The summed E-state index contributed by atoms with van der Waals surface area (Å²) in [6.07, 6.45) is 0. The molecule has 0 aliphatic heterocycles. The highest BCUT2D eigenvalue weighted by atomic mass is 32.1. The third-order valence-corrected chi connectivity index (χ3v) is 4.95. The molecule has 4 nitrogen and oxygen atoms in total. The minimum Gasteiger partial charge on any atom is -0.457 e. The van der Waals surface area contributed by atoms with Gasteiger partial charge in [-0.3, -0.25) is 9.59 Å². The number of thiophene rings is 1. The van der Waals surface area contributed by atoms with Crippen LogP contribution in [0.4, 0.5) is 0 Å². The van der Waals surface area contributed by atoms with E-state index in [4.69, 9.17) is 4.74 Å². The Labute approximate surface area is 169 Å². The van der Waals surface area contributed by atoms with Crippen molar-refractivity contribution in [3.63, 3.8) is 0 Å². The molecular formula is C23H23NO3S. The van der Waals surface area contributed by atoms with Crippen molar-refractivity contribution in [2.75, 3.05) is 0 Å². The van der Waals surface area contributed by atoms with Gasteiger partial charge in [0, 0.05) is 11.0 Å². The Morgan fingerprint density at radius 2 is 1.57 bits per heavy atom. The van der Waals surface area contributed by atoms with Gasteiger partial charge in [-0.25, -0.2) is 0 Å². The summed E-state index contributed by atoms with van der Waals surface area (Å²) < 4.78 is 5.75. The van der Waals surface area contributed by atoms with Crippen molar-refractivity contribution < 1.29 is 14.3 Å². The summed E-state index contributed by atoms with van der Waals surface area (Å²) in [5.74, 6) is 1.05. The normalized spacial score (nSPS) is 12.2. The fourth-order valence-corrected chi connectivity index (χ4v) is 3.37. The number of carbonyl (C=O) groups is 2. The molecule has 0 spiro atoms. The lowest BCUT2D eigenvalue weighted by Gasteiger charge is -2.25. The predicted molar refractivity (Wildman–Crippen MR) is 112 cm³/mol. The lowest BCUT2D eigenvalue weighted by Crippen LogP contribution is -2.39. The molecule has 0 saturated carbocycles. The molecule has 1 atom stereocenters. The summed E-state index contributed by atoms with van der Waals surface area (Å²) in [5.41, 5.74) is 0.720. The van der Waals surface area contributed by atoms with Crippen LogP contribution in [0.15, 0.2) is 71.4 Å². The summed E-state index contributed by atoms with van der Waals surface area (Å²) in [5, 5.41) is 6.69. The molecule has 1 aromatic heterocycles. The molecule has 1 amide bonds. The van der Waals surface area contributed by atoms with Crippen molar-refractivity contribution in [2.24, 2.45) is 5.41 Å². The zero-order valence-corrected chi connectivity index (χ0v) is 17.0. The standard InChI is InChI=1S/C23H23NO3S/c1-23(2,3)21(25)20(17-13-14-28-15-17)24-22(26)16-9-11-19(12-10-16)27-18-7-5-4-6-8-18/h4-15,20H,1-3H3,(H,24,26)/t20-/m0/s1. The minimum atomic E-state index is -0.668. The molecular weight excluding hydrogens is 370 g/mol. The molecule has 0 unspecified atom stereocenters. The number of benzene rings is 2. The van der Waals surface area contributed by atoms with Crippen LogP contribution < -0.4 is 10.1 Å². The average molecular weight is 394 g/mol. The first-order chi connectivity index (χ1) is 13.3. The molecule has 0 radical (unpaired) electrons. The highest BCUT2D eigenvalue weighted by Gasteiger charge is 2.32. The Balaban J connectivity index is 1.74. The van der Waals surface area contributed by atoms with E-state index in [2.05, 4.69) is 5.32 Å². The Kier molecular flexibility index (Phi) is 5.95. The van der Waals surface area contributed by atoms with Crippen LogP contribution in [0.2, 0.25) is 0 Å². The van der Waals surface area contributed by atoms with E-state index in [1.807, 2.05) is 67.9 Å². The van der Waals surface area contributed by atoms with Crippen LogP contribution in [0.25, 0.3) is 0 Å². The van der Waals surface area contributed by atoms with Gasteiger partial charge in [-0.2, -0.15) is 11.3 Å². The topological polar surface area (TPSA) is 55.4 Å². The monoisotopic (exact) mass is 393 g/mol. The fraction of sp³-hybridized carbons (Fsp3) is 0.217. The lowest BCUT2D eigenvalue weighted by molar-refractivity contribution is -0.128. The van der Waals surface area contributed by atoms with Gasteiger partial charge in [-0.05, 0) is 58.8 Å². The molecule has 3 rings (SSSR count). The number of hydrogen-bond acceptors (Lipinski definition) is 4. The van der Waals surface area contributed by atoms with Crippen LogP contribution in [0, 0.1) is 5.41 Å². The quantitative estimate of drug-likeness (QED) is 0.591. The van der Waals surface area contributed by atoms with Crippen LogP contribution >= 0.6 is 11.3 Å². The summed E-state index contributed by atoms with van der Waals surface area (Å²) >= 11 is 1.50. The molecule has 28 heavy (non-hydrogen) atoms. The average Bonchev–Trinajstić information content (AvgIpc) is 3.20. The van der Waals surface area contributed by atoms with Crippen LogP contribution in [0.5, 0.6) is 11.5 Å². The maximum atomic E-state index is 12.9. The van der Waals surface area contributed by atoms with Gasteiger partial charge < -0.3 is 10.1 Å². The minimum absolute atomic E-state index is 0.0247.